The molecule has 2 heterocycles. The van der Waals surface area contributed by atoms with E-state index >= 15 is 0 Å². The maximum Gasteiger partial charge on any atom is 0.417 e. The third kappa shape index (κ3) is 5.42. The van der Waals surface area contributed by atoms with Crippen LogP contribution in [0.15, 0.2) is 0 Å². The van der Waals surface area contributed by atoms with Crippen LogP contribution in [-0.4, -0.2) is 64.4 Å². The van der Waals surface area contributed by atoms with Crippen molar-refractivity contribution in [2.75, 3.05) is 11.9 Å². The van der Waals surface area contributed by atoms with Gasteiger partial charge in [0, 0.05) is 12.3 Å². The number of hydrogen-bond acceptors (Lipinski definition) is 7. The number of imide groups is 1. The summed E-state index contributed by atoms with van der Waals surface area (Å²) in [6.45, 7) is 10.2. The summed E-state index contributed by atoms with van der Waals surface area (Å²) in [6.07, 6.45) is -1.80. The van der Waals surface area contributed by atoms with Gasteiger partial charge in [-0.2, -0.15) is 0 Å². The molecule has 2 fully saturated rings. The van der Waals surface area contributed by atoms with Gasteiger partial charge in [-0.15, -0.1) is 0 Å². The lowest BCUT2D eigenvalue weighted by molar-refractivity contribution is -0.176. The molecule has 9 heteroatoms. The van der Waals surface area contributed by atoms with Crippen LogP contribution in [0.25, 0.3) is 0 Å². The molecule has 0 radical (unpaired) electrons. The highest BCUT2D eigenvalue weighted by Gasteiger charge is 2.52. The van der Waals surface area contributed by atoms with Gasteiger partial charge >= 0.3 is 12.1 Å². The molecule has 0 spiro atoms. The first-order chi connectivity index (χ1) is 12.3. The molecule has 27 heavy (non-hydrogen) atoms. The van der Waals surface area contributed by atoms with Crippen LogP contribution in [0.3, 0.4) is 0 Å². The zero-order valence-corrected chi connectivity index (χ0v) is 18.2. The van der Waals surface area contributed by atoms with Crippen molar-refractivity contribution >= 4 is 33.9 Å². The van der Waals surface area contributed by atoms with Crippen LogP contribution in [-0.2, 0) is 28.5 Å². The molecule has 2 amide bonds. The Labute approximate surface area is 167 Å². The molecule has 0 aromatic carbocycles. The van der Waals surface area contributed by atoms with Crippen molar-refractivity contribution in [2.45, 2.75) is 77.6 Å². The molecule has 2 saturated heterocycles. The lowest BCUT2D eigenvalue weighted by atomic mass is 9.94. The second kappa shape index (κ2) is 8.05. The van der Waals surface area contributed by atoms with Crippen LogP contribution < -0.4 is 0 Å². The third-order valence-corrected chi connectivity index (χ3v) is 5.06. The van der Waals surface area contributed by atoms with Crippen LogP contribution in [0.1, 0.15) is 48.0 Å². The van der Waals surface area contributed by atoms with Crippen molar-refractivity contribution in [1.29, 1.82) is 0 Å². The normalized spacial score (nSPS) is 28.9. The first-order valence-electron chi connectivity index (χ1n) is 8.95. The Kier molecular flexibility index (Phi) is 6.59. The fourth-order valence-corrected chi connectivity index (χ4v) is 3.85. The number of carbonyl (C=O) groups excluding carboxylic acids is 3. The van der Waals surface area contributed by atoms with E-state index in [0.717, 1.165) is 4.90 Å². The van der Waals surface area contributed by atoms with Crippen LogP contribution in [0.4, 0.5) is 4.79 Å². The number of hydrogen-bond donors (Lipinski definition) is 0. The van der Waals surface area contributed by atoms with Crippen molar-refractivity contribution in [3.8, 4) is 0 Å². The number of amides is 2. The number of rotatable bonds is 4. The quantitative estimate of drug-likeness (QED) is 0.480. The van der Waals surface area contributed by atoms with Crippen LogP contribution in [0.2, 0.25) is 0 Å². The molecule has 2 rings (SSSR count). The van der Waals surface area contributed by atoms with E-state index in [2.05, 4.69) is 15.9 Å². The number of alkyl halides is 1. The van der Waals surface area contributed by atoms with Gasteiger partial charge in [0.15, 0.2) is 5.79 Å². The molecule has 0 aromatic heterocycles. The Morgan fingerprint density at radius 3 is 2.44 bits per heavy atom. The summed E-state index contributed by atoms with van der Waals surface area (Å²) in [5.41, 5.74) is -0.728. The van der Waals surface area contributed by atoms with E-state index in [9.17, 15) is 14.4 Å². The highest BCUT2D eigenvalue weighted by Crippen LogP contribution is 2.36. The number of likely N-dealkylation sites (tertiary alicyclic amines) is 1. The predicted octanol–water partition coefficient (Wildman–Crippen LogP) is 2.62. The van der Waals surface area contributed by atoms with Gasteiger partial charge in [0.25, 0.3) is 0 Å². The van der Waals surface area contributed by atoms with Crippen molar-refractivity contribution in [3.63, 3.8) is 0 Å². The minimum absolute atomic E-state index is 0.195. The van der Waals surface area contributed by atoms with E-state index in [1.54, 1.807) is 34.6 Å². The Morgan fingerprint density at radius 2 is 2.00 bits per heavy atom. The highest BCUT2D eigenvalue weighted by atomic mass is 79.9. The topological polar surface area (TPSA) is 91.4 Å². The molecule has 2 aliphatic rings. The lowest BCUT2D eigenvalue weighted by Gasteiger charge is -2.28. The van der Waals surface area contributed by atoms with Gasteiger partial charge in [-0.3, -0.25) is 9.59 Å². The first-order valence-corrected chi connectivity index (χ1v) is 10.1. The molecule has 0 bridgehead atoms. The fourth-order valence-electron chi connectivity index (χ4n) is 3.30. The number of esters is 1. The molecular weight excluding hydrogens is 422 g/mol. The van der Waals surface area contributed by atoms with Gasteiger partial charge in [-0.1, -0.05) is 15.9 Å². The van der Waals surface area contributed by atoms with Crippen molar-refractivity contribution in [2.24, 2.45) is 5.92 Å². The summed E-state index contributed by atoms with van der Waals surface area (Å²) in [4.78, 5) is 38.4. The number of halogens is 1. The maximum absolute atomic E-state index is 13.1. The van der Waals surface area contributed by atoms with Crippen LogP contribution in [0.5, 0.6) is 0 Å². The molecule has 4 atom stereocenters. The Hall–Kier alpha value is -1.19. The van der Waals surface area contributed by atoms with E-state index in [1.165, 1.54) is 6.92 Å². The summed E-state index contributed by atoms with van der Waals surface area (Å²) < 4.78 is 22.2. The Morgan fingerprint density at radius 1 is 1.37 bits per heavy atom. The molecule has 0 aromatic rings. The molecular formula is C18H28BrNO7. The Balaban J connectivity index is 2.25. The lowest BCUT2D eigenvalue weighted by Crippen LogP contribution is -2.46. The van der Waals surface area contributed by atoms with Gasteiger partial charge < -0.3 is 18.9 Å². The minimum Gasteiger partial charge on any atom is -0.459 e. The van der Waals surface area contributed by atoms with E-state index in [1.807, 2.05) is 0 Å². The second-order valence-corrected chi connectivity index (χ2v) is 8.93. The van der Waals surface area contributed by atoms with Gasteiger partial charge in [0.05, 0.1) is 18.6 Å². The van der Waals surface area contributed by atoms with Gasteiger partial charge in [0.1, 0.15) is 17.8 Å². The SMILES string of the molecule is CC(=O)O[C@@H]([C@@H]1C[C@@H](CBr)N(C(=O)OC(C)(C)C)C1=O)[C@H]1COC(C)(C)O1. The summed E-state index contributed by atoms with van der Waals surface area (Å²) in [6, 6.07) is -0.397. The summed E-state index contributed by atoms with van der Waals surface area (Å²) in [5.74, 6) is -2.50. The fraction of sp³-hybridized carbons (Fsp3) is 0.833. The van der Waals surface area contributed by atoms with Gasteiger partial charge in [-0.25, -0.2) is 9.69 Å². The van der Waals surface area contributed by atoms with Gasteiger partial charge in [0.2, 0.25) is 5.91 Å². The van der Waals surface area contributed by atoms with Crippen molar-refractivity contribution in [3.05, 3.63) is 0 Å². The standard InChI is InChI=1S/C18H28BrNO7/c1-10(21)25-14(13-9-24-18(5,6)26-13)12-7-11(8-19)20(15(12)22)16(23)27-17(2,3)4/h11-14H,7-9H2,1-6H3/t11-,12-,13+,14-/m0/s1. The van der Waals surface area contributed by atoms with Crippen LogP contribution >= 0.6 is 15.9 Å². The monoisotopic (exact) mass is 449 g/mol. The highest BCUT2D eigenvalue weighted by molar-refractivity contribution is 9.09. The predicted molar refractivity (Wildman–Crippen MR) is 99.2 cm³/mol. The molecule has 154 valence electrons. The van der Waals surface area contributed by atoms with E-state index in [0.29, 0.717) is 11.8 Å². The minimum atomic E-state index is -0.842. The summed E-state index contributed by atoms with van der Waals surface area (Å²) in [5, 5.41) is 0.398. The number of nitrogens with zero attached hydrogens (tertiary/aromatic N) is 1. The molecule has 0 saturated carbocycles. The second-order valence-electron chi connectivity index (χ2n) is 8.28. The number of ether oxygens (including phenoxy) is 4. The molecule has 2 aliphatic heterocycles. The first kappa shape index (κ1) is 22.1. The smallest absolute Gasteiger partial charge is 0.417 e. The molecule has 8 nitrogen and oxygen atoms in total. The van der Waals surface area contributed by atoms with Crippen molar-refractivity contribution in [1.82, 2.24) is 4.90 Å². The average Bonchev–Trinajstić information content (AvgIpc) is 3.02. The zero-order valence-electron chi connectivity index (χ0n) is 16.6. The third-order valence-electron chi connectivity index (χ3n) is 4.31. The largest absolute Gasteiger partial charge is 0.459 e. The van der Waals surface area contributed by atoms with Crippen LogP contribution in [0, 0.1) is 5.92 Å². The summed E-state index contributed by atoms with van der Waals surface area (Å²) >= 11 is 3.36. The zero-order chi connectivity index (χ0) is 20.6. The van der Waals surface area contributed by atoms with E-state index < -0.39 is 53.5 Å². The summed E-state index contributed by atoms with van der Waals surface area (Å²) in [7, 11) is 0. The van der Waals surface area contributed by atoms with E-state index in [4.69, 9.17) is 18.9 Å². The maximum atomic E-state index is 13.1. The average molecular weight is 450 g/mol. The van der Waals surface area contributed by atoms with Crippen molar-refractivity contribution < 1.29 is 33.3 Å². The van der Waals surface area contributed by atoms with Gasteiger partial charge in [-0.05, 0) is 41.0 Å². The molecule has 0 N–H and O–H groups in total. The van der Waals surface area contributed by atoms with E-state index in [-0.39, 0.29) is 6.61 Å². The molecule has 0 unspecified atom stereocenters. The number of carbonyl (C=O) groups is 3. The Bertz CT molecular complexity index is 601. The molecule has 0 aliphatic carbocycles.